The minimum atomic E-state index is -2.03. The van der Waals surface area contributed by atoms with Gasteiger partial charge in [-0.3, -0.25) is 19.8 Å². The van der Waals surface area contributed by atoms with E-state index in [0.29, 0.717) is 5.56 Å². The van der Waals surface area contributed by atoms with Crippen LogP contribution in [0.3, 0.4) is 0 Å². The van der Waals surface area contributed by atoms with E-state index in [-0.39, 0.29) is 13.0 Å². The molecule has 1 unspecified atom stereocenters. The third-order valence-corrected chi connectivity index (χ3v) is 3.44. The molecular formula is C10H16N3O6P. The summed E-state index contributed by atoms with van der Waals surface area (Å²) in [5.41, 5.74) is 4.38. The summed E-state index contributed by atoms with van der Waals surface area (Å²) in [6.45, 7) is 1.49. The van der Waals surface area contributed by atoms with E-state index >= 15 is 0 Å². The molecule has 4 atom stereocenters. The van der Waals surface area contributed by atoms with E-state index in [4.69, 9.17) is 19.7 Å². The van der Waals surface area contributed by atoms with Gasteiger partial charge in [-0.25, -0.2) is 4.79 Å². The van der Waals surface area contributed by atoms with E-state index in [1.54, 1.807) is 6.92 Å². The second-order valence-electron chi connectivity index (χ2n) is 4.51. The van der Waals surface area contributed by atoms with Gasteiger partial charge in [-0.05, 0) is 6.92 Å². The van der Waals surface area contributed by atoms with Crippen LogP contribution in [-0.4, -0.2) is 38.4 Å². The molecule has 0 aromatic carbocycles. The molecule has 1 aromatic rings. The average Bonchev–Trinajstić information content (AvgIpc) is 2.72. The smallest absolute Gasteiger partial charge is 0.330 e. The van der Waals surface area contributed by atoms with Gasteiger partial charge >= 0.3 is 5.69 Å². The number of aryl methyl sites for hydroxylation is 1. The molecular weight excluding hydrogens is 289 g/mol. The lowest BCUT2D eigenvalue weighted by molar-refractivity contribution is -0.0407. The van der Waals surface area contributed by atoms with Crippen molar-refractivity contribution in [3.05, 3.63) is 32.6 Å². The molecule has 2 rings (SSSR count). The number of hydrogen-bond acceptors (Lipinski definition) is 7. The number of aliphatic hydroxyl groups excluding tert-OH is 1. The van der Waals surface area contributed by atoms with Crippen LogP contribution < -0.4 is 16.8 Å². The molecule has 112 valence electrons. The molecule has 0 aliphatic carbocycles. The van der Waals surface area contributed by atoms with E-state index in [1.165, 1.54) is 10.8 Å². The van der Waals surface area contributed by atoms with Crippen LogP contribution in [0.2, 0.25) is 0 Å². The Bertz CT molecular complexity index is 585. The molecule has 1 saturated heterocycles. The Kier molecular flexibility index (Phi) is 4.69. The van der Waals surface area contributed by atoms with Crippen molar-refractivity contribution in [2.45, 2.75) is 31.8 Å². The summed E-state index contributed by atoms with van der Waals surface area (Å²) in [5, 5.41) is 9.84. The van der Waals surface area contributed by atoms with Crippen molar-refractivity contribution in [2.75, 3.05) is 6.61 Å². The number of hydrogen-bond donors (Lipinski definition) is 4. The van der Waals surface area contributed by atoms with Crippen LogP contribution in [-0.2, 0) is 9.26 Å². The third kappa shape index (κ3) is 3.32. The van der Waals surface area contributed by atoms with Crippen LogP contribution in [0.4, 0.5) is 0 Å². The van der Waals surface area contributed by atoms with Crippen molar-refractivity contribution in [2.24, 2.45) is 5.50 Å². The van der Waals surface area contributed by atoms with Gasteiger partial charge in [-0.15, -0.1) is 0 Å². The summed E-state index contributed by atoms with van der Waals surface area (Å²) in [4.78, 5) is 34.1. The lowest BCUT2D eigenvalue weighted by Gasteiger charge is -2.16. The number of nitrogens with one attached hydrogen (secondary N) is 1. The largest absolute Gasteiger partial charge is 0.390 e. The highest BCUT2D eigenvalue weighted by molar-refractivity contribution is 7.43. The fourth-order valence-corrected chi connectivity index (χ4v) is 2.29. The first-order valence-electron chi connectivity index (χ1n) is 5.90. The molecule has 0 bridgehead atoms. The lowest BCUT2D eigenvalue weighted by Crippen LogP contribution is -2.33. The van der Waals surface area contributed by atoms with Crippen LogP contribution in [0, 0.1) is 6.92 Å². The van der Waals surface area contributed by atoms with E-state index in [1.807, 2.05) is 0 Å². The van der Waals surface area contributed by atoms with Gasteiger partial charge in [0.1, 0.15) is 12.3 Å². The highest BCUT2D eigenvalue weighted by atomic mass is 31.2. The zero-order valence-corrected chi connectivity index (χ0v) is 11.6. The van der Waals surface area contributed by atoms with Gasteiger partial charge in [0.25, 0.3) is 5.56 Å². The van der Waals surface area contributed by atoms with Gasteiger partial charge in [0.15, 0.2) is 0 Å². The van der Waals surface area contributed by atoms with E-state index < -0.39 is 38.2 Å². The molecule has 2 heterocycles. The number of nitrogens with two attached hydrogens (primary N) is 1. The molecule has 20 heavy (non-hydrogen) atoms. The number of H-pyrrole nitrogens is 1. The number of rotatable bonds is 4. The molecule has 5 N–H and O–H groups in total. The van der Waals surface area contributed by atoms with Gasteiger partial charge in [-0.1, -0.05) is 0 Å². The predicted octanol–water partition coefficient (Wildman–Crippen LogP) is -1.31. The number of ether oxygens (including phenoxy) is 1. The Morgan fingerprint density at radius 3 is 3.00 bits per heavy atom. The maximum absolute atomic E-state index is 11.7. The number of nitrogens with zero attached hydrogens (tertiary/aromatic N) is 1. The fourth-order valence-electron chi connectivity index (χ4n) is 1.99. The summed E-state index contributed by atoms with van der Waals surface area (Å²) in [7, 11) is -2.03. The van der Waals surface area contributed by atoms with E-state index in [0.717, 1.165) is 0 Å². The zero-order valence-electron chi connectivity index (χ0n) is 10.7. The molecule has 1 aliphatic heterocycles. The van der Waals surface area contributed by atoms with Crippen LogP contribution in [0.15, 0.2) is 15.8 Å². The van der Waals surface area contributed by atoms with Gasteiger partial charge in [-0.2, -0.15) is 0 Å². The second kappa shape index (κ2) is 6.13. The van der Waals surface area contributed by atoms with Crippen LogP contribution in [0.25, 0.3) is 0 Å². The van der Waals surface area contributed by atoms with Crippen molar-refractivity contribution in [1.29, 1.82) is 0 Å². The molecule has 10 heteroatoms. The maximum Gasteiger partial charge on any atom is 0.330 e. The van der Waals surface area contributed by atoms with Gasteiger partial charge in [0.05, 0.1) is 12.7 Å². The minimum Gasteiger partial charge on any atom is -0.390 e. The summed E-state index contributed by atoms with van der Waals surface area (Å²) in [6, 6.07) is 0. The van der Waals surface area contributed by atoms with E-state index in [2.05, 4.69) is 4.98 Å². The number of aliphatic hydroxyl groups is 1. The zero-order chi connectivity index (χ0) is 14.9. The topological polar surface area (TPSA) is 140 Å². The molecule has 0 spiro atoms. The normalized spacial score (nSPS) is 27.7. The molecule has 1 aliphatic rings. The van der Waals surface area contributed by atoms with Gasteiger partial charge in [0, 0.05) is 18.2 Å². The minimum absolute atomic E-state index is 0.0759. The Balaban J connectivity index is 2.14. The third-order valence-electron chi connectivity index (χ3n) is 3.03. The molecule has 0 amide bonds. The van der Waals surface area contributed by atoms with Crippen LogP contribution in [0.1, 0.15) is 18.2 Å². The van der Waals surface area contributed by atoms with E-state index in [9.17, 15) is 14.7 Å². The molecule has 0 saturated carbocycles. The van der Waals surface area contributed by atoms with Crippen molar-refractivity contribution in [1.82, 2.24) is 9.55 Å². The van der Waals surface area contributed by atoms with Crippen molar-refractivity contribution >= 4 is 8.53 Å². The molecule has 1 aromatic heterocycles. The molecule has 0 radical (unpaired) electrons. The summed E-state index contributed by atoms with van der Waals surface area (Å²) < 4.78 is 11.5. The van der Waals surface area contributed by atoms with Crippen molar-refractivity contribution in [3.63, 3.8) is 0 Å². The average molecular weight is 305 g/mol. The Hall–Kier alpha value is -1.09. The monoisotopic (exact) mass is 305 g/mol. The van der Waals surface area contributed by atoms with Crippen molar-refractivity contribution in [3.8, 4) is 0 Å². The fraction of sp³-hybridized carbons (Fsp3) is 0.600. The Labute approximate surface area is 114 Å². The highest BCUT2D eigenvalue weighted by Gasteiger charge is 2.36. The van der Waals surface area contributed by atoms with Gasteiger partial charge < -0.3 is 19.3 Å². The standard InChI is InChI=1S/C10H16N3O6P/c1-5-3-13(10(16)12-9(5)15)8-2-6(14)7(19-8)4-18-20(11)17/h3,6-8,14,17H,2,4,11H2,1H3,(H,12,15,16)/t6-,7+,8+,20?/m0/s1. The Morgan fingerprint density at radius 1 is 1.65 bits per heavy atom. The van der Waals surface area contributed by atoms with Gasteiger partial charge in [0.2, 0.25) is 8.53 Å². The number of aromatic nitrogens is 2. The first kappa shape index (κ1) is 15.3. The highest BCUT2D eigenvalue weighted by Crippen LogP contribution is 2.30. The van der Waals surface area contributed by atoms with Crippen LogP contribution in [0.5, 0.6) is 0 Å². The summed E-state index contributed by atoms with van der Waals surface area (Å²) in [6.07, 6.45) is -0.699. The lowest BCUT2D eigenvalue weighted by atomic mass is 10.2. The quantitative estimate of drug-likeness (QED) is 0.506. The first-order chi connectivity index (χ1) is 9.38. The van der Waals surface area contributed by atoms with Crippen LogP contribution >= 0.6 is 8.53 Å². The molecule has 1 fully saturated rings. The summed E-state index contributed by atoms with van der Waals surface area (Å²) >= 11 is 0. The van der Waals surface area contributed by atoms with Crippen molar-refractivity contribution < 1.29 is 19.3 Å². The second-order valence-corrected chi connectivity index (χ2v) is 5.37. The predicted molar refractivity (Wildman–Crippen MR) is 69.9 cm³/mol. The molecule has 9 nitrogen and oxygen atoms in total. The first-order valence-corrected chi connectivity index (χ1v) is 7.19. The SMILES string of the molecule is Cc1cn([C@H]2C[C@H](O)[C@@H](COP(N)O)O2)c(=O)[nH]c1=O. The maximum atomic E-state index is 11.7. The Morgan fingerprint density at radius 2 is 2.35 bits per heavy atom. The number of aromatic amines is 1. The summed E-state index contributed by atoms with van der Waals surface area (Å²) in [5.74, 6) is 0.